The lowest BCUT2D eigenvalue weighted by Crippen LogP contribution is -2.02. The summed E-state index contributed by atoms with van der Waals surface area (Å²) in [6.07, 6.45) is 3.65. The van der Waals surface area contributed by atoms with Crippen molar-refractivity contribution in [3.8, 4) is 5.75 Å². The molecule has 0 atom stereocenters. The Morgan fingerprint density at radius 1 is 1.32 bits per heavy atom. The summed E-state index contributed by atoms with van der Waals surface area (Å²) < 4.78 is 5.37. The number of nitrogens with zero attached hydrogens (tertiary/aromatic N) is 3. The molecule has 0 radical (unpaired) electrons. The summed E-state index contributed by atoms with van der Waals surface area (Å²) >= 11 is 0. The number of ether oxygens (including phenoxy) is 1. The Morgan fingerprint density at radius 3 is 2.68 bits per heavy atom. The summed E-state index contributed by atoms with van der Waals surface area (Å²) in [5.74, 6) is 0.714. The molecule has 0 unspecified atom stereocenters. The van der Waals surface area contributed by atoms with Gasteiger partial charge in [0.25, 0.3) is 5.69 Å². The number of rotatable bonds is 5. The van der Waals surface area contributed by atoms with Crippen LogP contribution in [0, 0.1) is 10.1 Å². The van der Waals surface area contributed by atoms with Gasteiger partial charge in [-0.05, 0) is 12.1 Å². The van der Waals surface area contributed by atoms with Crippen molar-refractivity contribution in [2.75, 3.05) is 0 Å². The second-order valence-electron chi connectivity index (χ2n) is 3.55. The number of non-ortho nitro benzene ring substituents is 1. The highest BCUT2D eigenvalue weighted by Crippen LogP contribution is 2.23. The molecule has 96 valence electrons. The molecule has 0 aliphatic heterocycles. The van der Waals surface area contributed by atoms with Gasteiger partial charge in [-0.3, -0.25) is 14.9 Å². The minimum absolute atomic E-state index is 0.0828. The van der Waals surface area contributed by atoms with E-state index in [1.165, 1.54) is 12.1 Å². The highest BCUT2D eigenvalue weighted by molar-refractivity contribution is 5.80. The molecule has 1 heterocycles. The maximum absolute atomic E-state index is 10.9. The number of aldehydes is 1. The standard InChI is InChI=1S/C12H9N3O4/c16-7-9-6-10(15(17)18)2-3-11(9)19-8-12-13-4-1-5-14-12/h1-7H,8H2. The Balaban J connectivity index is 2.16. The van der Waals surface area contributed by atoms with Crippen LogP contribution in [0.25, 0.3) is 0 Å². The van der Waals surface area contributed by atoms with Crippen molar-refractivity contribution in [3.05, 3.63) is 58.2 Å². The Hall–Kier alpha value is -2.83. The molecule has 0 bridgehead atoms. The molecule has 1 aromatic carbocycles. The van der Waals surface area contributed by atoms with Gasteiger partial charge >= 0.3 is 0 Å². The van der Waals surface area contributed by atoms with Gasteiger partial charge in [0.05, 0.1) is 10.5 Å². The van der Waals surface area contributed by atoms with Crippen LogP contribution in [-0.4, -0.2) is 21.2 Å². The van der Waals surface area contributed by atoms with Gasteiger partial charge in [-0.1, -0.05) is 0 Å². The number of hydrogen-bond acceptors (Lipinski definition) is 6. The van der Waals surface area contributed by atoms with Crippen LogP contribution in [0.3, 0.4) is 0 Å². The third-order valence-electron chi connectivity index (χ3n) is 2.31. The molecule has 0 aliphatic carbocycles. The molecule has 0 saturated carbocycles. The topological polar surface area (TPSA) is 95.2 Å². The molecule has 0 N–H and O–H groups in total. The molecule has 0 aliphatic rings. The van der Waals surface area contributed by atoms with E-state index in [4.69, 9.17) is 4.74 Å². The van der Waals surface area contributed by atoms with E-state index in [1.807, 2.05) is 0 Å². The van der Waals surface area contributed by atoms with Crippen molar-refractivity contribution < 1.29 is 14.5 Å². The fraction of sp³-hybridized carbons (Fsp3) is 0.0833. The molecular weight excluding hydrogens is 250 g/mol. The lowest BCUT2D eigenvalue weighted by molar-refractivity contribution is -0.384. The Labute approximate surface area is 108 Å². The molecule has 0 saturated heterocycles. The van der Waals surface area contributed by atoms with Crippen LogP contribution >= 0.6 is 0 Å². The summed E-state index contributed by atoms with van der Waals surface area (Å²) in [5.41, 5.74) is -0.0458. The summed E-state index contributed by atoms with van der Waals surface area (Å²) in [6, 6.07) is 5.49. The van der Waals surface area contributed by atoms with E-state index in [2.05, 4.69) is 9.97 Å². The molecule has 19 heavy (non-hydrogen) atoms. The van der Waals surface area contributed by atoms with Crippen LogP contribution < -0.4 is 4.74 Å². The smallest absolute Gasteiger partial charge is 0.270 e. The summed E-state index contributed by atoms with van der Waals surface area (Å²) in [6.45, 7) is 0.0828. The first-order valence-electron chi connectivity index (χ1n) is 5.33. The van der Waals surface area contributed by atoms with E-state index in [9.17, 15) is 14.9 Å². The maximum atomic E-state index is 10.9. The average molecular weight is 259 g/mol. The van der Waals surface area contributed by atoms with Crippen LogP contribution in [-0.2, 0) is 6.61 Å². The van der Waals surface area contributed by atoms with Crippen molar-refractivity contribution in [1.29, 1.82) is 0 Å². The molecule has 1 aromatic heterocycles. The van der Waals surface area contributed by atoms with Crippen molar-refractivity contribution in [1.82, 2.24) is 9.97 Å². The fourth-order valence-electron chi connectivity index (χ4n) is 1.42. The molecular formula is C12H9N3O4. The van der Waals surface area contributed by atoms with Gasteiger partial charge in [0, 0.05) is 24.5 Å². The molecule has 0 spiro atoms. The first-order chi connectivity index (χ1) is 9.20. The van der Waals surface area contributed by atoms with Crippen molar-refractivity contribution in [2.45, 2.75) is 6.61 Å². The summed E-state index contributed by atoms with van der Waals surface area (Å²) in [7, 11) is 0. The lowest BCUT2D eigenvalue weighted by atomic mass is 10.2. The zero-order valence-corrected chi connectivity index (χ0v) is 9.72. The van der Waals surface area contributed by atoms with Gasteiger partial charge in [-0.15, -0.1) is 0 Å². The molecule has 7 nitrogen and oxygen atoms in total. The molecule has 0 amide bonds. The van der Waals surface area contributed by atoms with Crippen molar-refractivity contribution in [3.63, 3.8) is 0 Å². The van der Waals surface area contributed by atoms with E-state index >= 15 is 0 Å². The van der Waals surface area contributed by atoms with Gasteiger partial charge in [-0.25, -0.2) is 9.97 Å². The quantitative estimate of drug-likeness (QED) is 0.461. The SMILES string of the molecule is O=Cc1cc([N+](=O)[O-])ccc1OCc1ncccn1. The van der Waals surface area contributed by atoms with Crippen LogP contribution in [0.5, 0.6) is 5.75 Å². The third kappa shape index (κ3) is 3.09. The number of nitro groups is 1. The minimum Gasteiger partial charge on any atom is -0.485 e. The van der Waals surface area contributed by atoms with Gasteiger partial charge < -0.3 is 4.74 Å². The van der Waals surface area contributed by atoms with Crippen LogP contribution in [0.15, 0.2) is 36.7 Å². The number of hydrogen-bond donors (Lipinski definition) is 0. The zero-order valence-electron chi connectivity index (χ0n) is 9.72. The van der Waals surface area contributed by atoms with Crippen LogP contribution in [0.1, 0.15) is 16.2 Å². The Bertz CT molecular complexity index is 601. The average Bonchev–Trinajstić information content (AvgIpc) is 2.45. The summed E-state index contributed by atoms with van der Waals surface area (Å²) in [5, 5.41) is 10.6. The number of nitro benzene ring substituents is 1. The lowest BCUT2D eigenvalue weighted by Gasteiger charge is -2.06. The van der Waals surface area contributed by atoms with Crippen molar-refractivity contribution in [2.24, 2.45) is 0 Å². The van der Waals surface area contributed by atoms with E-state index < -0.39 is 4.92 Å². The number of carbonyl (C=O) groups excluding carboxylic acids is 1. The third-order valence-corrected chi connectivity index (χ3v) is 2.31. The first kappa shape index (κ1) is 12.6. The normalized spacial score (nSPS) is 9.89. The number of carbonyl (C=O) groups is 1. The molecule has 2 aromatic rings. The number of benzene rings is 1. The van der Waals surface area contributed by atoms with Gasteiger partial charge in [-0.2, -0.15) is 0 Å². The Morgan fingerprint density at radius 2 is 2.05 bits per heavy atom. The molecule has 7 heteroatoms. The summed E-state index contributed by atoms with van der Waals surface area (Å²) in [4.78, 5) is 28.8. The second-order valence-corrected chi connectivity index (χ2v) is 3.55. The molecule has 0 fully saturated rings. The highest BCUT2D eigenvalue weighted by Gasteiger charge is 2.11. The van der Waals surface area contributed by atoms with E-state index in [-0.39, 0.29) is 23.6 Å². The highest BCUT2D eigenvalue weighted by atomic mass is 16.6. The van der Waals surface area contributed by atoms with Gasteiger partial charge in [0.2, 0.25) is 0 Å². The van der Waals surface area contributed by atoms with E-state index in [0.717, 1.165) is 6.07 Å². The fourth-order valence-corrected chi connectivity index (χ4v) is 1.42. The zero-order chi connectivity index (χ0) is 13.7. The minimum atomic E-state index is -0.572. The van der Waals surface area contributed by atoms with Gasteiger partial charge in [0.15, 0.2) is 12.1 Å². The van der Waals surface area contributed by atoms with Crippen molar-refractivity contribution >= 4 is 12.0 Å². The second kappa shape index (κ2) is 5.67. The predicted octanol–water partition coefficient (Wildman–Crippen LogP) is 1.78. The monoisotopic (exact) mass is 259 g/mol. The Kier molecular flexibility index (Phi) is 3.77. The largest absolute Gasteiger partial charge is 0.485 e. The van der Waals surface area contributed by atoms with E-state index in [0.29, 0.717) is 12.1 Å². The van der Waals surface area contributed by atoms with Crippen LogP contribution in [0.4, 0.5) is 5.69 Å². The van der Waals surface area contributed by atoms with E-state index in [1.54, 1.807) is 18.5 Å². The molecule has 2 rings (SSSR count). The van der Waals surface area contributed by atoms with Crippen LogP contribution in [0.2, 0.25) is 0 Å². The maximum Gasteiger partial charge on any atom is 0.270 e. The van der Waals surface area contributed by atoms with Gasteiger partial charge in [0.1, 0.15) is 12.4 Å². The first-order valence-corrected chi connectivity index (χ1v) is 5.33. The predicted molar refractivity (Wildman–Crippen MR) is 64.8 cm³/mol. The number of aromatic nitrogens is 2.